The highest BCUT2D eigenvalue weighted by atomic mass is 32.2. The zero-order valence-corrected chi connectivity index (χ0v) is 20.9. The Labute approximate surface area is 216 Å². The second-order valence-electron chi connectivity index (χ2n) is 9.79. The molecule has 1 N–H and O–H groups in total. The number of amides is 1. The molecule has 3 saturated heterocycles. The average molecular weight is 520 g/mol. The Morgan fingerprint density at radius 2 is 2.00 bits per heavy atom. The van der Waals surface area contributed by atoms with Crippen LogP contribution in [0.3, 0.4) is 0 Å². The molecule has 188 valence electrons. The number of aliphatic carboxylic acids is 1. The Kier molecular flexibility index (Phi) is 4.54. The molecule has 8 rings (SSSR count). The molecule has 0 aromatic heterocycles. The van der Waals surface area contributed by atoms with Gasteiger partial charge in [0.05, 0.1) is 18.2 Å². The number of nitrogens with zero attached hydrogens (tertiary/aromatic N) is 2. The molecule has 5 atom stereocenters. The van der Waals surface area contributed by atoms with Gasteiger partial charge in [-0.2, -0.15) is 9.48 Å². The molecule has 0 radical (unpaired) electrons. The van der Waals surface area contributed by atoms with Gasteiger partial charge in [0.25, 0.3) is 5.17 Å². The maximum atomic E-state index is 14.2. The maximum absolute atomic E-state index is 14.2. The van der Waals surface area contributed by atoms with E-state index in [0.717, 1.165) is 5.56 Å². The van der Waals surface area contributed by atoms with Gasteiger partial charge in [0.15, 0.2) is 28.3 Å². The van der Waals surface area contributed by atoms with E-state index < -0.39 is 34.7 Å². The number of esters is 1. The summed E-state index contributed by atoms with van der Waals surface area (Å²) in [6.07, 6.45) is 0.236. The number of rotatable bonds is 4. The van der Waals surface area contributed by atoms with Crippen molar-refractivity contribution < 1.29 is 38.2 Å². The van der Waals surface area contributed by atoms with Crippen LogP contribution in [0.15, 0.2) is 58.7 Å². The van der Waals surface area contributed by atoms with Gasteiger partial charge >= 0.3 is 17.8 Å². The first kappa shape index (κ1) is 22.6. The van der Waals surface area contributed by atoms with E-state index in [2.05, 4.69) is 0 Å². The van der Waals surface area contributed by atoms with E-state index in [1.807, 2.05) is 36.4 Å². The Hall–Kier alpha value is -3.63. The molecule has 2 spiro atoms. The fourth-order valence-electron chi connectivity index (χ4n) is 6.95. The van der Waals surface area contributed by atoms with Crippen molar-refractivity contribution in [3.63, 3.8) is 0 Å². The topological polar surface area (TPSA) is 111 Å². The Morgan fingerprint density at radius 1 is 1.22 bits per heavy atom. The van der Waals surface area contributed by atoms with Crippen LogP contribution in [0.2, 0.25) is 0 Å². The van der Waals surface area contributed by atoms with Gasteiger partial charge in [-0.1, -0.05) is 24.3 Å². The average Bonchev–Trinajstić information content (AvgIpc) is 3.63. The molecule has 9 nitrogen and oxygen atoms in total. The predicted octanol–water partition coefficient (Wildman–Crippen LogP) is 3.60. The van der Waals surface area contributed by atoms with Crippen LogP contribution in [0.4, 0.5) is 0 Å². The first-order chi connectivity index (χ1) is 17.9. The van der Waals surface area contributed by atoms with E-state index in [1.165, 1.54) is 11.8 Å². The minimum atomic E-state index is -0.931. The number of benzene rings is 2. The summed E-state index contributed by atoms with van der Waals surface area (Å²) in [6, 6.07) is 12.1. The third-order valence-electron chi connectivity index (χ3n) is 8.30. The molecule has 5 heterocycles. The van der Waals surface area contributed by atoms with Crippen LogP contribution in [0.25, 0.3) is 0 Å². The number of fused-ring (bicyclic) bond motifs is 2. The molecule has 5 aliphatic heterocycles. The monoisotopic (exact) mass is 519 g/mol. The highest BCUT2D eigenvalue weighted by molar-refractivity contribution is 8.15. The standard InChI is InChI=1S/C27H22N2O7S/c1-3-34-25(33)20-13(2)28-26-29(21(20)14-8-9-18-19(10-14)36-12-35-18)23(30)22(37-26)27(29)11-16(24(31)32)15-6-4-5-7-17(15)27/h4-10,16,21-22H,3,11-12H2,1-2H3/p+1. The van der Waals surface area contributed by atoms with Crippen LogP contribution in [-0.2, 0) is 24.7 Å². The van der Waals surface area contributed by atoms with Gasteiger partial charge in [0.1, 0.15) is 5.57 Å². The van der Waals surface area contributed by atoms with Crippen molar-refractivity contribution in [2.24, 2.45) is 4.99 Å². The van der Waals surface area contributed by atoms with E-state index in [9.17, 15) is 19.5 Å². The highest BCUT2D eigenvalue weighted by Crippen LogP contribution is 2.74. The number of ether oxygens (including phenoxy) is 3. The number of β-lactam (4-membered cyclic amide) rings is 1. The molecule has 5 unspecified atom stereocenters. The number of carbonyl (C=O) groups is 3. The molecule has 2 bridgehead atoms. The lowest BCUT2D eigenvalue weighted by molar-refractivity contribution is -0.878. The summed E-state index contributed by atoms with van der Waals surface area (Å²) in [5.41, 5.74) is 2.14. The molecule has 0 saturated carbocycles. The van der Waals surface area contributed by atoms with Crippen molar-refractivity contribution in [1.82, 2.24) is 0 Å². The van der Waals surface area contributed by atoms with Crippen LogP contribution >= 0.6 is 11.8 Å². The molecule has 6 aliphatic rings. The summed E-state index contributed by atoms with van der Waals surface area (Å²) in [6.45, 7) is 3.74. The second kappa shape index (κ2) is 7.45. The summed E-state index contributed by atoms with van der Waals surface area (Å²) < 4.78 is 16.4. The summed E-state index contributed by atoms with van der Waals surface area (Å²) >= 11 is 1.39. The second-order valence-corrected chi connectivity index (χ2v) is 10.9. The molecular formula is C27H23N2O7S+. The van der Waals surface area contributed by atoms with E-state index in [4.69, 9.17) is 19.2 Å². The Morgan fingerprint density at radius 3 is 2.78 bits per heavy atom. The number of hydrogen-bond donors (Lipinski definition) is 1. The number of carboxylic acids is 1. The fourth-order valence-corrected chi connectivity index (χ4v) is 8.72. The number of amidine groups is 1. The van der Waals surface area contributed by atoms with Crippen molar-refractivity contribution in [3.8, 4) is 11.5 Å². The molecule has 3 fully saturated rings. The predicted molar refractivity (Wildman–Crippen MR) is 132 cm³/mol. The molecule has 1 amide bonds. The molecule has 2 aromatic carbocycles. The molecule has 1 aliphatic carbocycles. The third kappa shape index (κ3) is 2.50. The van der Waals surface area contributed by atoms with Crippen molar-refractivity contribution in [2.45, 2.75) is 43.0 Å². The van der Waals surface area contributed by atoms with Crippen molar-refractivity contribution in [3.05, 3.63) is 70.4 Å². The minimum absolute atomic E-state index is 0.0819. The van der Waals surface area contributed by atoms with E-state index in [0.29, 0.717) is 39.1 Å². The minimum Gasteiger partial charge on any atom is -0.481 e. The number of allylic oxidation sites excluding steroid dienone is 1. The summed E-state index contributed by atoms with van der Waals surface area (Å²) in [5, 5.41) is 10.3. The van der Waals surface area contributed by atoms with Crippen LogP contribution < -0.4 is 9.47 Å². The number of quaternary nitrogens is 1. The van der Waals surface area contributed by atoms with Gasteiger partial charge in [0, 0.05) is 17.5 Å². The van der Waals surface area contributed by atoms with Crippen LogP contribution in [0.5, 0.6) is 11.5 Å². The smallest absolute Gasteiger partial charge is 0.342 e. The molecule has 37 heavy (non-hydrogen) atoms. The van der Waals surface area contributed by atoms with E-state index in [1.54, 1.807) is 19.9 Å². The normalized spacial score (nSPS) is 32.1. The number of hydrogen-bond acceptors (Lipinski definition) is 8. The van der Waals surface area contributed by atoms with Gasteiger partial charge < -0.3 is 19.3 Å². The lowest BCUT2D eigenvalue weighted by Gasteiger charge is -2.57. The number of thioether (sulfide) groups is 1. The van der Waals surface area contributed by atoms with Crippen LogP contribution in [-0.4, -0.2) is 51.3 Å². The van der Waals surface area contributed by atoms with E-state index in [-0.39, 0.29) is 30.2 Å². The highest BCUT2D eigenvalue weighted by Gasteiger charge is 2.89. The van der Waals surface area contributed by atoms with Crippen molar-refractivity contribution in [2.75, 3.05) is 13.4 Å². The molecule has 10 heteroatoms. The lowest BCUT2D eigenvalue weighted by atomic mass is 9.70. The number of aliphatic imine (C=N–C) groups is 1. The Balaban J connectivity index is 1.51. The van der Waals surface area contributed by atoms with Crippen LogP contribution in [0, 0.1) is 0 Å². The van der Waals surface area contributed by atoms with Gasteiger partial charge in [-0.05, 0) is 49.4 Å². The lowest BCUT2D eigenvalue weighted by Crippen LogP contribution is -2.79. The molecule has 2 aromatic rings. The first-order valence-corrected chi connectivity index (χ1v) is 13.0. The summed E-state index contributed by atoms with van der Waals surface area (Å²) in [7, 11) is 0. The zero-order valence-electron chi connectivity index (χ0n) is 20.1. The quantitative estimate of drug-likeness (QED) is 0.371. The largest absolute Gasteiger partial charge is 0.481 e. The van der Waals surface area contributed by atoms with Gasteiger partial charge in [-0.3, -0.25) is 4.79 Å². The zero-order chi connectivity index (χ0) is 25.7. The van der Waals surface area contributed by atoms with Crippen LogP contribution in [0.1, 0.15) is 48.9 Å². The van der Waals surface area contributed by atoms with Crippen molar-refractivity contribution >= 4 is 34.8 Å². The van der Waals surface area contributed by atoms with E-state index >= 15 is 0 Å². The maximum Gasteiger partial charge on any atom is 0.342 e. The summed E-state index contributed by atoms with van der Waals surface area (Å²) in [5.74, 6) is -1.20. The number of carbonyl (C=O) groups excluding carboxylic acids is 2. The third-order valence-corrected chi connectivity index (χ3v) is 9.72. The number of carboxylic acid groups (broad SMARTS) is 1. The molecular weight excluding hydrogens is 496 g/mol. The van der Waals surface area contributed by atoms with Gasteiger partial charge in [-0.25, -0.2) is 9.59 Å². The van der Waals surface area contributed by atoms with Gasteiger partial charge in [0.2, 0.25) is 6.79 Å². The van der Waals surface area contributed by atoms with Crippen molar-refractivity contribution in [1.29, 1.82) is 0 Å². The fraction of sp³-hybridized carbons (Fsp3) is 0.333. The summed E-state index contributed by atoms with van der Waals surface area (Å²) in [4.78, 5) is 44.9. The SMILES string of the molecule is CCOC(=O)C1=C(C)N=C2SC3C(=O)[N+]2(C1c1ccc2c(c1)OCO2)C31CC(C(=O)O)c2ccccc21. The first-order valence-electron chi connectivity index (χ1n) is 12.1. The van der Waals surface area contributed by atoms with Gasteiger partial charge in [-0.15, -0.1) is 0 Å². The Bertz CT molecular complexity index is 1500.